The highest BCUT2D eigenvalue weighted by atomic mass is 32.2. The monoisotopic (exact) mass is 436 g/mol. The van der Waals surface area contributed by atoms with Crippen molar-refractivity contribution >= 4 is 16.1 Å². The molecule has 0 fully saturated rings. The zero-order valence-electron chi connectivity index (χ0n) is 15.2. The zero-order chi connectivity index (χ0) is 21.9. The van der Waals surface area contributed by atoms with Crippen molar-refractivity contribution in [2.75, 3.05) is 6.61 Å². The lowest BCUT2D eigenvalue weighted by Crippen LogP contribution is -2.20. The minimum Gasteiger partial charge on any atom is -0.476 e. The average Bonchev–Trinajstić information content (AvgIpc) is 2.65. The van der Waals surface area contributed by atoms with Gasteiger partial charge in [0, 0.05) is 0 Å². The minimum absolute atomic E-state index is 0.102. The fourth-order valence-electron chi connectivity index (χ4n) is 2.34. The van der Waals surface area contributed by atoms with Crippen LogP contribution >= 0.6 is 0 Å². The van der Waals surface area contributed by atoms with E-state index in [0.29, 0.717) is 0 Å². The molecule has 0 radical (unpaired) electrons. The molecule has 0 heterocycles. The summed E-state index contributed by atoms with van der Waals surface area (Å²) in [6.45, 7) is 2.87. The molecule has 0 spiro atoms. The largest absolute Gasteiger partial charge is 0.476 e. The molecule has 1 N–H and O–H groups in total. The van der Waals surface area contributed by atoms with Crippen molar-refractivity contribution in [3.63, 3.8) is 0 Å². The molecule has 158 valence electrons. The quantitative estimate of drug-likeness (QED) is 0.232. The summed E-state index contributed by atoms with van der Waals surface area (Å²) in [6, 6.07) is 6.41. The van der Waals surface area contributed by atoms with E-state index in [9.17, 15) is 30.8 Å². The first-order chi connectivity index (χ1) is 13.5. The summed E-state index contributed by atoms with van der Waals surface area (Å²) in [6.07, 6.45) is 0.896. The minimum atomic E-state index is -5.59. The van der Waals surface area contributed by atoms with E-state index in [4.69, 9.17) is 9.29 Å². The summed E-state index contributed by atoms with van der Waals surface area (Å²) in [5.41, 5.74) is 0.998. The maximum Gasteiger partial charge on any atom is 0.349 e. The number of benzene rings is 2. The second kappa shape index (κ2) is 8.78. The highest BCUT2D eigenvalue weighted by Gasteiger charge is 2.33. The van der Waals surface area contributed by atoms with Gasteiger partial charge in [-0.1, -0.05) is 26.0 Å². The SMILES string of the molecule is CCC(C)c1ccc(OC(=O)COc2c(F)c(F)c(S(=O)(=O)O)c(F)c2F)cc1. The molecule has 1 atom stereocenters. The van der Waals surface area contributed by atoms with Crippen molar-refractivity contribution in [2.24, 2.45) is 0 Å². The Balaban J connectivity index is 2.15. The van der Waals surface area contributed by atoms with Crippen molar-refractivity contribution in [2.45, 2.75) is 31.1 Å². The molecule has 11 heteroatoms. The van der Waals surface area contributed by atoms with Crippen molar-refractivity contribution in [1.82, 2.24) is 0 Å². The second-order valence-electron chi connectivity index (χ2n) is 6.03. The Kier molecular flexibility index (Phi) is 6.85. The van der Waals surface area contributed by atoms with Gasteiger partial charge in [-0.2, -0.15) is 17.2 Å². The van der Waals surface area contributed by atoms with Crippen molar-refractivity contribution < 1.29 is 44.8 Å². The summed E-state index contributed by atoms with van der Waals surface area (Å²) >= 11 is 0. The topological polar surface area (TPSA) is 89.9 Å². The van der Waals surface area contributed by atoms with Crippen LogP contribution in [0, 0.1) is 23.3 Å². The van der Waals surface area contributed by atoms with Gasteiger partial charge in [0.2, 0.25) is 11.6 Å². The molecule has 2 rings (SSSR count). The Morgan fingerprint density at radius 3 is 2.00 bits per heavy atom. The van der Waals surface area contributed by atoms with E-state index < -0.39 is 56.6 Å². The predicted molar refractivity (Wildman–Crippen MR) is 92.4 cm³/mol. The lowest BCUT2D eigenvalue weighted by Gasteiger charge is -2.12. The lowest BCUT2D eigenvalue weighted by atomic mass is 9.99. The number of carbonyl (C=O) groups excluding carboxylic acids is 1. The van der Waals surface area contributed by atoms with Crippen LogP contribution in [0.2, 0.25) is 0 Å². The molecule has 0 aromatic heterocycles. The second-order valence-corrected chi connectivity index (χ2v) is 7.39. The van der Waals surface area contributed by atoms with E-state index in [-0.39, 0.29) is 11.7 Å². The number of esters is 1. The first-order valence-corrected chi connectivity index (χ1v) is 9.68. The molecule has 0 bridgehead atoms. The first-order valence-electron chi connectivity index (χ1n) is 8.24. The lowest BCUT2D eigenvalue weighted by molar-refractivity contribution is -0.136. The maximum absolute atomic E-state index is 13.8. The van der Waals surface area contributed by atoms with Crippen LogP contribution in [0.3, 0.4) is 0 Å². The number of halogens is 4. The third kappa shape index (κ3) is 5.04. The smallest absolute Gasteiger partial charge is 0.349 e. The van der Waals surface area contributed by atoms with Crippen LogP contribution in [0.15, 0.2) is 29.2 Å². The van der Waals surface area contributed by atoms with Gasteiger partial charge in [0.25, 0.3) is 0 Å². The Labute approximate surface area is 163 Å². The van der Waals surface area contributed by atoms with Gasteiger partial charge in [-0.15, -0.1) is 0 Å². The predicted octanol–water partition coefficient (Wildman–Crippen LogP) is 3.99. The van der Waals surface area contributed by atoms with Gasteiger partial charge in [-0.3, -0.25) is 4.55 Å². The molecule has 0 aliphatic carbocycles. The Bertz CT molecular complexity index is 993. The van der Waals surface area contributed by atoms with Gasteiger partial charge in [-0.25, -0.2) is 13.6 Å². The molecule has 0 saturated carbocycles. The summed E-state index contributed by atoms with van der Waals surface area (Å²) in [5.74, 6) is -11.7. The highest BCUT2D eigenvalue weighted by molar-refractivity contribution is 7.85. The fraction of sp³-hybridized carbons (Fsp3) is 0.278. The summed E-state index contributed by atoms with van der Waals surface area (Å²) < 4.78 is 94.8. The third-order valence-corrected chi connectivity index (χ3v) is 4.94. The number of rotatable bonds is 7. The Hall–Kier alpha value is -2.66. The summed E-state index contributed by atoms with van der Waals surface area (Å²) in [5, 5.41) is 0. The van der Waals surface area contributed by atoms with Gasteiger partial charge in [0.05, 0.1) is 0 Å². The molecule has 2 aromatic rings. The van der Waals surface area contributed by atoms with Crippen LogP contribution in [0.25, 0.3) is 0 Å². The van der Waals surface area contributed by atoms with Gasteiger partial charge in [0.15, 0.2) is 28.9 Å². The molecule has 0 amide bonds. The first kappa shape index (κ1) is 22.6. The molecule has 2 aromatic carbocycles. The van der Waals surface area contributed by atoms with Crippen LogP contribution in [-0.2, 0) is 14.9 Å². The molecule has 0 aliphatic rings. The van der Waals surface area contributed by atoms with Crippen LogP contribution in [0.4, 0.5) is 17.6 Å². The maximum atomic E-state index is 13.8. The van der Waals surface area contributed by atoms with E-state index >= 15 is 0 Å². The van der Waals surface area contributed by atoms with Gasteiger partial charge in [-0.05, 0) is 30.0 Å². The molecule has 0 aliphatic heterocycles. The van der Waals surface area contributed by atoms with Crippen molar-refractivity contribution in [3.05, 3.63) is 53.1 Å². The average molecular weight is 436 g/mol. The molecular formula is C18H16F4O6S. The standard InChI is InChI=1S/C18H16F4O6S/c1-3-9(2)10-4-6-11(7-5-10)28-12(23)8-27-17-13(19)15(21)18(29(24,25)26)16(22)14(17)20/h4-7,9H,3,8H2,1-2H3,(H,24,25,26). The van der Waals surface area contributed by atoms with E-state index in [1.807, 2.05) is 13.8 Å². The number of carbonyl (C=O) groups is 1. The zero-order valence-corrected chi connectivity index (χ0v) is 16.0. The molecule has 6 nitrogen and oxygen atoms in total. The van der Waals surface area contributed by atoms with Gasteiger partial charge in [0.1, 0.15) is 5.75 Å². The third-order valence-electron chi connectivity index (χ3n) is 4.07. The normalized spacial score (nSPS) is 12.5. The van der Waals surface area contributed by atoms with Crippen LogP contribution in [0.1, 0.15) is 31.7 Å². The summed E-state index contributed by atoms with van der Waals surface area (Å²) in [7, 11) is -5.59. The Morgan fingerprint density at radius 2 is 1.55 bits per heavy atom. The molecule has 0 saturated heterocycles. The highest BCUT2D eigenvalue weighted by Crippen LogP contribution is 2.32. The number of ether oxygens (including phenoxy) is 2. The molecule has 1 unspecified atom stereocenters. The van der Waals surface area contributed by atoms with Crippen LogP contribution < -0.4 is 9.47 Å². The van der Waals surface area contributed by atoms with Crippen molar-refractivity contribution in [3.8, 4) is 11.5 Å². The van der Waals surface area contributed by atoms with Crippen LogP contribution in [0.5, 0.6) is 11.5 Å². The fourth-order valence-corrected chi connectivity index (χ4v) is 2.97. The molecule has 29 heavy (non-hydrogen) atoms. The van der Waals surface area contributed by atoms with Crippen LogP contribution in [-0.4, -0.2) is 25.5 Å². The van der Waals surface area contributed by atoms with E-state index in [0.717, 1.165) is 12.0 Å². The van der Waals surface area contributed by atoms with E-state index in [1.165, 1.54) is 12.1 Å². The van der Waals surface area contributed by atoms with E-state index in [2.05, 4.69) is 4.74 Å². The number of hydrogen-bond acceptors (Lipinski definition) is 5. The number of hydrogen-bond donors (Lipinski definition) is 1. The van der Waals surface area contributed by atoms with Gasteiger partial charge >= 0.3 is 16.1 Å². The van der Waals surface area contributed by atoms with Crippen molar-refractivity contribution in [1.29, 1.82) is 0 Å². The van der Waals surface area contributed by atoms with E-state index in [1.54, 1.807) is 12.1 Å². The van der Waals surface area contributed by atoms with Gasteiger partial charge < -0.3 is 9.47 Å². The summed E-state index contributed by atoms with van der Waals surface area (Å²) in [4.78, 5) is 9.56. The molecular weight excluding hydrogens is 420 g/mol. The Morgan fingerprint density at radius 1 is 1.03 bits per heavy atom.